The number of benzene rings is 1. The number of aromatic nitrogens is 2. The number of rotatable bonds is 2. The average Bonchev–Trinajstić information content (AvgIpc) is 2.86. The number of hydrogen-bond acceptors (Lipinski definition) is 3. The van der Waals surface area contributed by atoms with Crippen LogP contribution in [0.5, 0.6) is 0 Å². The number of halogens is 1. The van der Waals surface area contributed by atoms with Gasteiger partial charge in [-0.25, -0.2) is 13.9 Å². The van der Waals surface area contributed by atoms with Crippen LogP contribution < -0.4 is 0 Å². The molecule has 1 aromatic carbocycles. The van der Waals surface area contributed by atoms with Crippen LogP contribution in [0, 0.1) is 25.1 Å². The molecule has 2 fully saturated rings. The number of aryl methyl sites for hydroxylation is 2. The van der Waals surface area contributed by atoms with Crippen LogP contribution in [0.1, 0.15) is 56.5 Å². The van der Waals surface area contributed by atoms with Gasteiger partial charge in [0.25, 0.3) is 0 Å². The predicted molar refractivity (Wildman–Crippen MR) is 105 cm³/mol. The van der Waals surface area contributed by atoms with Crippen molar-refractivity contribution in [3.63, 3.8) is 0 Å². The number of amides is 1. The molecule has 5 nitrogen and oxygen atoms in total. The SMILES string of the molecule is Cc1ccc(F)cc1-n1nc(C2CC3(C2)CN(C(=O)OC(C)(C)C)C3)cc1C. The molecular formula is C22H28FN3O2. The summed E-state index contributed by atoms with van der Waals surface area (Å²) < 4.78 is 21.0. The minimum absolute atomic E-state index is 0.216. The fraction of sp³-hybridized carbons (Fsp3) is 0.545. The van der Waals surface area contributed by atoms with E-state index in [9.17, 15) is 9.18 Å². The molecule has 1 aliphatic carbocycles. The molecule has 4 rings (SSSR count). The van der Waals surface area contributed by atoms with Crippen LogP contribution in [0.3, 0.4) is 0 Å². The number of carbonyl (C=O) groups excluding carboxylic acids is 1. The summed E-state index contributed by atoms with van der Waals surface area (Å²) in [6.07, 6.45) is 1.85. The van der Waals surface area contributed by atoms with Crippen LogP contribution in [0.25, 0.3) is 5.69 Å². The van der Waals surface area contributed by atoms with Gasteiger partial charge in [-0.15, -0.1) is 0 Å². The van der Waals surface area contributed by atoms with E-state index in [1.54, 1.807) is 11.0 Å². The molecule has 1 saturated carbocycles. The van der Waals surface area contributed by atoms with Gasteiger partial charge in [0.2, 0.25) is 0 Å². The summed E-state index contributed by atoms with van der Waals surface area (Å²) in [5.74, 6) is 0.144. The van der Waals surface area contributed by atoms with E-state index in [-0.39, 0.29) is 17.3 Å². The van der Waals surface area contributed by atoms with Crippen LogP contribution >= 0.6 is 0 Å². The molecule has 6 heteroatoms. The lowest BCUT2D eigenvalue weighted by atomic mass is 9.57. The second-order valence-corrected chi connectivity index (χ2v) is 9.49. The lowest BCUT2D eigenvalue weighted by molar-refractivity contribution is -0.0792. The zero-order valence-corrected chi connectivity index (χ0v) is 17.3. The van der Waals surface area contributed by atoms with Gasteiger partial charge in [0, 0.05) is 30.1 Å². The van der Waals surface area contributed by atoms with Gasteiger partial charge in [0.15, 0.2) is 0 Å². The Bertz CT molecular complexity index is 914. The third kappa shape index (κ3) is 3.40. The van der Waals surface area contributed by atoms with Gasteiger partial charge < -0.3 is 9.64 Å². The summed E-state index contributed by atoms with van der Waals surface area (Å²) in [6.45, 7) is 11.2. The smallest absolute Gasteiger partial charge is 0.410 e. The summed E-state index contributed by atoms with van der Waals surface area (Å²) in [7, 11) is 0. The van der Waals surface area contributed by atoms with Crippen LogP contribution in [0.4, 0.5) is 9.18 Å². The first-order chi connectivity index (χ1) is 13.1. The Kier molecular flexibility index (Phi) is 4.28. The van der Waals surface area contributed by atoms with Gasteiger partial charge in [-0.2, -0.15) is 5.10 Å². The molecule has 2 aliphatic rings. The van der Waals surface area contributed by atoms with E-state index in [4.69, 9.17) is 9.84 Å². The molecule has 150 valence electrons. The van der Waals surface area contributed by atoms with Crippen molar-refractivity contribution in [2.45, 2.75) is 59.0 Å². The maximum Gasteiger partial charge on any atom is 0.410 e. The van der Waals surface area contributed by atoms with E-state index in [0.717, 1.165) is 48.6 Å². The quantitative estimate of drug-likeness (QED) is 0.750. The summed E-state index contributed by atoms with van der Waals surface area (Å²) in [5.41, 5.74) is 3.61. The molecule has 2 heterocycles. The highest BCUT2D eigenvalue weighted by molar-refractivity contribution is 5.69. The standard InChI is InChI=1S/C22H28FN3O2/c1-14-6-7-17(23)9-19(14)26-15(2)8-18(24-26)16-10-22(11-16)12-25(13-22)20(27)28-21(3,4)5/h6-9,16H,10-13H2,1-5H3. The molecule has 0 unspecified atom stereocenters. The monoisotopic (exact) mass is 385 g/mol. The Morgan fingerprint density at radius 3 is 2.54 bits per heavy atom. The number of hydrogen-bond donors (Lipinski definition) is 0. The van der Waals surface area contributed by atoms with Crippen molar-refractivity contribution in [2.24, 2.45) is 5.41 Å². The first-order valence-corrected chi connectivity index (χ1v) is 9.86. The third-order valence-corrected chi connectivity index (χ3v) is 5.79. The van der Waals surface area contributed by atoms with Crippen molar-refractivity contribution < 1.29 is 13.9 Å². The second kappa shape index (κ2) is 6.33. The van der Waals surface area contributed by atoms with Gasteiger partial charge in [-0.05, 0) is 71.2 Å². The molecule has 1 saturated heterocycles. The molecule has 1 aromatic heterocycles. The van der Waals surface area contributed by atoms with Crippen molar-refractivity contribution in [3.8, 4) is 5.69 Å². The highest BCUT2D eigenvalue weighted by Crippen LogP contribution is 2.56. The molecule has 1 amide bonds. The highest BCUT2D eigenvalue weighted by atomic mass is 19.1. The van der Waals surface area contributed by atoms with Crippen molar-refractivity contribution in [2.75, 3.05) is 13.1 Å². The lowest BCUT2D eigenvalue weighted by Gasteiger charge is -2.58. The largest absolute Gasteiger partial charge is 0.444 e. The Morgan fingerprint density at radius 1 is 1.21 bits per heavy atom. The topological polar surface area (TPSA) is 47.4 Å². The molecule has 0 bridgehead atoms. The predicted octanol–water partition coefficient (Wildman–Crippen LogP) is 4.74. The van der Waals surface area contributed by atoms with Crippen LogP contribution in [0.15, 0.2) is 24.3 Å². The van der Waals surface area contributed by atoms with Crippen LogP contribution in [-0.2, 0) is 4.74 Å². The average molecular weight is 385 g/mol. The van der Waals surface area contributed by atoms with Crippen LogP contribution in [0.2, 0.25) is 0 Å². The number of carbonyl (C=O) groups is 1. The van der Waals surface area contributed by atoms with E-state index in [0.29, 0.717) is 5.92 Å². The molecule has 2 aromatic rings. The maximum atomic E-state index is 13.7. The molecule has 0 N–H and O–H groups in total. The van der Waals surface area contributed by atoms with Gasteiger partial charge in [0.1, 0.15) is 11.4 Å². The van der Waals surface area contributed by atoms with Gasteiger partial charge in [0.05, 0.1) is 11.4 Å². The van der Waals surface area contributed by atoms with Gasteiger partial charge in [-0.1, -0.05) is 6.07 Å². The molecule has 0 atom stereocenters. The van der Waals surface area contributed by atoms with E-state index >= 15 is 0 Å². The minimum atomic E-state index is -0.457. The Labute approximate surface area is 165 Å². The van der Waals surface area contributed by atoms with Crippen molar-refractivity contribution in [1.29, 1.82) is 0 Å². The van der Waals surface area contributed by atoms with Crippen molar-refractivity contribution in [3.05, 3.63) is 47.0 Å². The van der Waals surface area contributed by atoms with E-state index in [2.05, 4.69) is 6.07 Å². The zero-order valence-electron chi connectivity index (χ0n) is 17.3. The second-order valence-electron chi connectivity index (χ2n) is 9.49. The molecular weight excluding hydrogens is 357 g/mol. The number of nitrogens with zero attached hydrogens (tertiary/aromatic N) is 3. The summed E-state index contributed by atoms with van der Waals surface area (Å²) in [6, 6.07) is 6.89. The Balaban J connectivity index is 1.40. The Hall–Kier alpha value is -2.37. The summed E-state index contributed by atoms with van der Waals surface area (Å²) in [5, 5.41) is 4.78. The normalized spacial score (nSPS) is 18.7. The molecule has 0 radical (unpaired) electrons. The lowest BCUT2D eigenvalue weighted by Crippen LogP contribution is -2.63. The number of likely N-dealkylation sites (tertiary alicyclic amines) is 1. The van der Waals surface area contributed by atoms with E-state index < -0.39 is 5.60 Å². The highest BCUT2D eigenvalue weighted by Gasteiger charge is 2.55. The van der Waals surface area contributed by atoms with Crippen LogP contribution in [-0.4, -0.2) is 39.5 Å². The van der Waals surface area contributed by atoms with Crippen molar-refractivity contribution >= 4 is 6.09 Å². The van der Waals surface area contributed by atoms with Gasteiger partial charge in [-0.3, -0.25) is 0 Å². The number of ether oxygens (including phenoxy) is 1. The van der Waals surface area contributed by atoms with E-state index in [1.807, 2.05) is 39.3 Å². The maximum absolute atomic E-state index is 13.7. The first kappa shape index (κ1) is 19.0. The molecule has 28 heavy (non-hydrogen) atoms. The third-order valence-electron chi connectivity index (χ3n) is 5.79. The fourth-order valence-electron chi connectivity index (χ4n) is 4.42. The Morgan fingerprint density at radius 2 is 1.89 bits per heavy atom. The molecule has 1 aliphatic heterocycles. The first-order valence-electron chi connectivity index (χ1n) is 9.86. The molecule has 1 spiro atoms. The summed E-state index contributed by atoms with van der Waals surface area (Å²) in [4.78, 5) is 13.9. The minimum Gasteiger partial charge on any atom is -0.444 e. The van der Waals surface area contributed by atoms with Crippen molar-refractivity contribution in [1.82, 2.24) is 14.7 Å². The van der Waals surface area contributed by atoms with E-state index in [1.165, 1.54) is 12.1 Å². The van der Waals surface area contributed by atoms with Gasteiger partial charge >= 0.3 is 6.09 Å². The fourth-order valence-corrected chi connectivity index (χ4v) is 4.42. The summed E-state index contributed by atoms with van der Waals surface area (Å²) >= 11 is 0. The zero-order chi connectivity index (χ0) is 20.3.